The van der Waals surface area contributed by atoms with Crippen LogP contribution < -0.4 is 0 Å². The third-order valence-corrected chi connectivity index (χ3v) is 9.19. The SMILES string of the molecule is CC(C)(C)OC(=O)N1C=CC(CC(=O)N2CCC(C3(O)c4ncc(Br)cc4CCc4cc(Cl)cc(Br)c43)CC2)=CC1. The molecule has 3 heterocycles. The molecule has 10 heteroatoms. The molecule has 2 amide bonds. The number of pyridine rings is 1. The molecule has 0 radical (unpaired) electrons. The number of piperidine rings is 1. The van der Waals surface area contributed by atoms with E-state index < -0.39 is 17.3 Å². The summed E-state index contributed by atoms with van der Waals surface area (Å²) in [5.41, 5.74) is 2.51. The highest BCUT2D eigenvalue weighted by molar-refractivity contribution is 9.10. The molecule has 0 bridgehead atoms. The molecule has 1 aliphatic carbocycles. The van der Waals surface area contributed by atoms with Gasteiger partial charge in [0, 0.05) is 57.5 Å². The molecular formula is C31H34Br2ClN3O4. The summed E-state index contributed by atoms with van der Waals surface area (Å²) in [6, 6.07) is 5.83. The molecule has 1 unspecified atom stereocenters. The van der Waals surface area contributed by atoms with Gasteiger partial charge >= 0.3 is 6.09 Å². The smallest absolute Gasteiger partial charge is 0.414 e. The van der Waals surface area contributed by atoms with Crippen molar-refractivity contribution in [1.29, 1.82) is 0 Å². The van der Waals surface area contributed by atoms with Crippen molar-refractivity contribution < 1.29 is 19.4 Å². The van der Waals surface area contributed by atoms with Crippen molar-refractivity contribution in [3.05, 3.63) is 84.7 Å². The van der Waals surface area contributed by atoms with Gasteiger partial charge in [-0.2, -0.15) is 0 Å². The molecule has 0 spiro atoms. The molecule has 1 aromatic carbocycles. The number of likely N-dealkylation sites (tertiary alicyclic amines) is 1. The number of rotatable bonds is 3. The number of aryl methyl sites for hydroxylation is 2. The Morgan fingerprint density at radius 1 is 1.15 bits per heavy atom. The van der Waals surface area contributed by atoms with Gasteiger partial charge < -0.3 is 14.7 Å². The fourth-order valence-electron chi connectivity index (χ4n) is 6.00. The highest BCUT2D eigenvalue weighted by Gasteiger charge is 2.48. The fraction of sp³-hybridized carbons (Fsp3) is 0.452. The van der Waals surface area contributed by atoms with Gasteiger partial charge in [-0.15, -0.1) is 0 Å². The van der Waals surface area contributed by atoms with Gasteiger partial charge in [0.1, 0.15) is 11.2 Å². The van der Waals surface area contributed by atoms with Crippen LogP contribution in [0.1, 0.15) is 62.4 Å². The zero-order chi connectivity index (χ0) is 29.5. The van der Waals surface area contributed by atoms with E-state index >= 15 is 0 Å². The first-order valence-electron chi connectivity index (χ1n) is 13.9. The molecule has 0 saturated carbocycles. The number of carbonyl (C=O) groups is 2. The molecule has 3 aliphatic rings. The maximum absolute atomic E-state index is 13.3. The second kappa shape index (κ2) is 11.8. The lowest BCUT2D eigenvalue weighted by Gasteiger charge is -2.42. The maximum Gasteiger partial charge on any atom is 0.414 e. The van der Waals surface area contributed by atoms with Crippen molar-refractivity contribution in [2.75, 3.05) is 19.6 Å². The van der Waals surface area contributed by atoms with Gasteiger partial charge in [-0.3, -0.25) is 14.7 Å². The van der Waals surface area contributed by atoms with Crippen LogP contribution in [0.3, 0.4) is 0 Å². The van der Waals surface area contributed by atoms with E-state index in [0.717, 1.165) is 44.1 Å². The lowest BCUT2D eigenvalue weighted by Crippen LogP contribution is -2.47. The Labute approximate surface area is 262 Å². The van der Waals surface area contributed by atoms with Crippen LogP contribution in [0.4, 0.5) is 4.79 Å². The molecule has 1 saturated heterocycles. The number of allylic oxidation sites excluding steroid dienone is 1. The summed E-state index contributed by atoms with van der Waals surface area (Å²) in [6.07, 6.45) is 9.72. The average molecular weight is 708 g/mol. The number of benzene rings is 1. The fourth-order valence-corrected chi connectivity index (χ4v) is 7.56. The van der Waals surface area contributed by atoms with Crippen LogP contribution in [0.25, 0.3) is 0 Å². The monoisotopic (exact) mass is 705 g/mol. The Morgan fingerprint density at radius 3 is 2.51 bits per heavy atom. The van der Waals surface area contributed by atoms with E-state index in [4.69, 9.17) is 21.3 Å². The van der Waals surface area contributed by atoms with Gasteiger partial charge in [0.2, 0.25) is 5.91 Å². The van der Waals surface area contributed by atoms with Gasteiger partial charge in [0.05, 0.1) is 12.1 Å². The van der Waals surface area contributed by atoms with Crippen molar-refractivity contribution in [3.63, 3.8) is 0 Å². The lowest BCUT2D eigenvalue weighted by atomic mass is 9.72. The summed E-state index contributed by atoms with van der Waals surface area (Å²) in [6.45, 7) is 6.94. The highest BCUT2D eigenvalue weighted by Crippen LogP contribution is 2.49. The van der Waals surface area contributed by atoms with Crippen molar-refractivity contribution in [3.8, 4) is 0 Å². The van der Waals surface area contributed by atoms with E-state index in [2.05, 4.69) is 31.9 Å². The number of halogens is 3. The Kier molecular flexibility index (Phi) is 8.73. The summed E-state index contributed by atoms with van der Waals surface area (Å²) in [5.74, 6) is -0.0989. The topological polar surface area (TPSA) is 83.0 Å². The Hall–Kier alpha value is -2.20. The number of ether oxygens (including phenoxy) is 1. The van der Waals surface area contributed by atoms with Gasteiger partial charge in [0.15, 0.2) is 0 Å². The molecule has 1 aromatic heterocycles. The second-order valence-corrected chi connectivity index (χ2v) is 14.1. The van der Waals surface area contributed by atoms with Crippen LogP contribution in [-0.4, -0.2) is 57.1 Å². The van der Waals surface area contributed by atoms with Gasteiger partial charge in [-0.25, -0.2) is 4.79 Å². The van der Waals surface area contributed by atoms with E-state index in [9.17, 15) is 14.7 Å². The summed E-state index contributed by atoms with van der Waals surface area (Å²) in [5, 5.41) is 13.3. The zero-order valence-corrected chi connectivity index (χ0v) is 27.4. The number of nitrogens with zero attached hydrogens (tertiary/aromatic N) is 3. The molecule has 1 N–H and O–H groups in total. The summed E-state index contributed by atoms with van der Waals surface area (Å²) < 4.78 is 7.07. The van der Waals surface area contributed by atoms with E-state index in [1.807, 2.05) is 49.9 Å². The predicted molar refractivity (Wildman–Crippen MR) is 166 cm³/mol. The van der Waals surface area contributed by atoms with Crippen LogP contribution in [0, 0.1) is 5.92 Å². The van der Waals surface area contributed by atoms with E-state index in [1.165, 1.54) is 4.90 Å². The predicted octanol–water partition coefficient (Wildman–Crippen LogP) is 6.91. The zero-order valence-electron chi connectivity index (χ0n) is 23.4. The Bertz CT molecular complexity index is 1430. The number of hydrogen-bond donors (Lipinski definition) is 1. The molecule has 1 fully saturated rings. The van der Waals surface area contributed by atoms with Crippen LogP contribution in [-0.2, 0) is 28.0 Å². The number of hydrogen-bond acceptors (Lipinski definition) is 5. The molecule has 5 rings (SSSR count). The first kappa shape index (κ1) is 30.3. The van der Waals surface area contributed by atoms with Crippen LogP contribution in [0.5, 0.6) is 0 Å². The van der Waals surface area contributed by atoms with Gasteiger partial charge in [0.25, 0.3) is 0 Å². The standard InChI is InChI=1S/C31H34Br2ClN3O4/c1-30(2,3)41-29(39)37-10-6-19(7-11-37)14-26(38)36-12-8-22(9-13-36)31(40)27-20(16-24(34)17-25(27)33)4-5-21-15-23(32)18-35-28(21)31/h6-7,10,15-18,22,40H,4-5,8-9,11-14H2,1-3H3. The summed E-state index contributed by atoms with van der Waals surface area (Å²) in [4.78, 5) is 33.7. The first-order chi connectivity index (χ1) is 19.3. The van der Waals surface area contributed by atoms with Gasteiger partial charge in [-0.05, 0) is 103 Å². The number of fused-ring (bicyclic) bond motifs is 2. The minimum absolute atomic E-state index is 0.0359. The van der Waals surface area contributed by atoms with Crippen LogP contribution in [0.15, 0.2) is 57.3 Å². The van der Waals surface area contributed by atoms with E-state index in [0.29, 0.717) is 43.2 Å². The lowest BCUT2D eigenvalue weighted by molar-refractivity contribution is -0.133. The number of carbonyl (C=O) groups excluding carboxylic acids is 2. The van der Waals surface area contributed by atoms with Crippen molar-refractivity contribution in [2.24, 2.45) is 5.92 Å². The van der Waals surface area contributed by atoms with Crippen LogP contribution in [0.2, 0.25) is 5.02 Å². The van der Waals surface area contributed by atoms with Crippen LogP contribution >= 0.6 is 43.5 Å². The first-order valence-corrected chi connectivity index (χ1v) is 15.8. The quantitative estimate of drug-likeness (QED) is 0.375. The minimum atomic E-state index is -1.32. The minimum Gasteiger partial charge on any atom is -0.443 e. The maximum atomic E-state index is 13.3. The number of aromatic nitrogens is 1. The second-order valence-electron chi connectivity index (χ2n) is 11.9. The molecule has 2 aromatic rings. The average Bonchev–Trinajstić information content (AvgIpc) is 3.02. The third-order valence-electron chi connectivity index (χ3n) is 7.92. The van der Waals surface area contributed by atoms with Crippen molar-refractivity contribution in [2.45, 2.75) is 64.1 Å². The number of aliphatic hydroxyl groups is 1. The number of amides is 2. The summed E-state index contributed by atoms with van der Waals surface area (Å²) >= 11 is 13.7. The largest absolute Gasteiger partial charge is 0.443 e. The molecule has 2 aliphatic heterocycles. The Morgan fingerprint density at radius 2 is 1.85 bits per heavy atom. The van der Waals surface area contributed by atoms with Crippen molar-refractivity contribution in [1.82, 2.24) is 14.8 Å². The third kappa shape index (κ3) is 6.43. The molecule has 41 heavy (non-hydrogen) atoms. The van der Waals surface area contributed by atoms with E-state index in [1.54, 1.807) is 18.5 Å². The Balaban J connectivity index is 1.30. The molecular weight excluding hydrogens is 674 g/mol. The highest BCUT2D eigenvalue weighted by atomic mass is 79.9. The molecule has 1 atom stereocenters. The molecule has 218 valence electrons. The van der Waals surface area contributed by atoms with E-state index in [-0.39, 0.29) is 18.2 Å². The summed E-state index contributed by atoms with van der Waals surface area (Å²) in [7, 11) is 0. The normalized spacial score (nSPS) is 21.1. The molecule has 7 nitrogen and oxygen atoms in total. The van der Waals surface area contributed by atoms with Crippen molar-refractivity contribution >= 4 is 55.5 Å². The van der Waals surface area contributed by atoms with Gasteiger partial charge in [-0.1, -0.05) is 33.6 Å².